The standard InChI is InChI=1S/C23H21ClN2O3/c24-20-11-5-4-10-19(20)16-21(26-13-7-6-12-22(26)28)23(29)25(14-15-27)17-18-8-2-1-3-9-18/h1-13,16,27H,14-15,17H2. The first-order valence-corrected chi connectivity index (χ1v) is 9.56. The Hall–Kier alpha value is -3.15. The van der Waals surface area contributed by atoms with Crippen LogP contribution in [0.3, 0.4) is 0 Å². The number of aliphatic hydroxyl groups is 1. The van der Waals surface area contributed by atoms with Crippen molar-refractivity contribution in [1.29, 1.82) is 0 Å². The number of pyridine rings is 1. The van der Waals surface area contributed by atoms with E-state index in [1.807, 2.05) is 36.4 Å². The van der Waals surface area contributed by atoms with Crippen molar-refractivity contribution in [2.75, 3.05) is 13.2 Å². The number of aromatic nitrogens is 1. The molecule has 2 aromatic carbocycles. The first-order valence-electron chi connectivity index (χ1n) is 9.18. The van der Waals surface area contributed by atoms with E-state index < -0.39 is 0 Å². The molecule has 1 N–H and O–H groups in total. The number of benzene rings is 2. The van der Waals surface area contributed by atoms with Gasteiger partial charge in [0.15, 0.2) is 0 Å². The fourth-order valence-electron chi connectivity index (χ4n) is 2.94. The SMILES string of the molecule is O=C(C(=Cc1ccccc1Cl)n1ccccc1=O)N(CCO)Cc1ccccc1. The van der Waals surface area contributed by atoms with E-state index in [1.54, 1.807) is 42.6 Å². The number of rotatable bonds is 7. The van der Waals surface area contributed by atoms with Gasteiger partial charge in [-0.25, -0.2) is 0 Å². The molecule has 0 aliphatic carbocycles. The van der Waals surface area contributed by atoms with Gasteiger partial charge >= 0.3 is 0 Å². The van der Waals surface area contributed by atoms with Crippen LogP contribution in [0.4, 0.5) is 0 Å². The van der Waals surface area contributed by atoms with Gasteiger partial charge in [0.2, 0.25) is 0 Å². The molecule has 0 aliphatic heterocycles. The molecule has 3 rings (SSSR count). The summed E-state index contributed by atoms with van der Waals surface area (Å²) in [5, 5.41) is 9.97. The van der Waals surface area contributed by atoms with Crippen LogP contribution < -0.4 is 5.56 Å². The first-order chi connectivity index (χ1) is 14.1. The second kappa shape index (κ2) is 9.87. The van der Waals surface area contributed by atoms with Crippen molar-refractivity contribution in [1.82, 2.24) is 9.47 Å². The molecule has 0 aliphatic rings. The Bertz CT molecular complexity index is 1060. The Morgan fingerprint density at radius 3 is 2.38 bits per heavy atom. The Morgan fingerprint density at radius 2 is 1.69 bits per heavy atom. The maximum atomic E-state index is 13.4. The molecular formula is C23H21ClN2O3. The molecule has 1 aromatic heterocycles. The normalized spacial score (nSPS) is 11.3. The van der Waals surface area contributed by atoms with Crippen LogP contribution in [0.5, 0.6) is 0 Å². The molecule has 0 atom stereocenters. The number of hydrogen-bond donors (Lipinski definition) is 1. The highest BCUT2D eigenvalue weighted by atomic mass is 35.5. The maximum Gasteiger partial charge on any atom is 0.271 e. The minimum atomic E-state index is -0.379. The van der Waals surface area contributed by atoms with Crippen LogP contribution in [0, 0.1) is 0 Å². The lowest BCUT2D eigenvalue weighted by Gasteiger charge is -2.24. The number of halogens is 1. The molecule has 1 heterocycles. The second-order valence-corrected chi connectivity index (χ2v) is 6.80. The van der Waals surface area contributed by atoms with Gasteiger partial charge in [0.25, 0.3) is 11.5 Å². The van der Waals surface area contributed by atoms with E-state index in [-0.39, 0.29) is 30.3 Å². The fraction of sp³-hybridized carbons (Fsp3) is 0.130. The molecule has 5 nitrogen and oxygen atoms in total. The van der Waals surface area contributed by atoms with Crippen molar-refractivity contribution in [2.24, 2.45) is 0 Å². The van der Waals surface area contributed by atoms with E-state index in [9.17, 15) is 14.7 Å². The predicted molar refractivity (Wildman–Crippen MR) is 115 cm³/mol. The monoisotopic (exact) mass is 408 g/mol. The van der Waals surface area contributed by atoms with Crippen molar-refractivity contribution in [2.45, 2.75) is 6.54 Å². The summed E-state index contributed by atoms with van der Waals surface area (Å²) in [7, 11) is 0. The van der Waals surface area contributed by atoms with Crippen LogP contribution in [0.25, 0.3) is 11.8 Å². The third-order valence-corrected chi connectivity index (χ3v) is 4.72. The third-order valence-electron chi connectivity index (χ3n) is 4.37. The van der Waals surface area contributed by atoms with Crippen LogP contribution >= 0.6 is 11.6 Å². The van der Waals surface area contributed by atoms with Crippen LogP contribution in [-0.2, 0) is 11.3 Å². The molecule has 3 aromatic rings. The quantitative estimate of drug-likeness (QED) is 0.608. The Balaban J connectivity index is 2.06. The molecule has 0 saturated heterocycles. The molecule has 0 fully saturated rings. The van der Waals surface area contributed by atoms with Gasteiger partial charge in [-0.05, 0) is 29.3 Å². The largest absolute Gasteiger partial charge is 0.395 e. The highest BCUT2D eigenvalue weighted by Crippen LogP contribution is 2.21. The van der Waals surface area contributed by atoms with Gasteiger partial charge in [0.1, 0.15) is 5.70 Å². The van der Waals surface area contributed by atoms with Gasteiger partial charge < -0.3 is 10.0 Å². The summed E-state index contributed by atoms with van der Waals surface area (Å²) in [5.41, 5.74) is 1.37. The summed E-state index contributed by atoms with van der Waals surface area (Å²) >= 11 is 6.27. The maximum absolute atomic E-state index is 13.4. The Labute approximate surface area is 174 Å². The van der Waals surface area contributed by atoms with Gasteiger partial charge in [-0.15, -0.1) is 0 Å². The summed E-state index contributed by atoms with van der Waals surface area (Å²) < 4.78 is 1.29. The Kier molecular flexibility index (Phi) is 7.00. The summed E-state index contributed by atoms with van der Waals surface area (Å²) in [6.07, 6.45) is 3.14. The number of amides is 1. The number of carbonyl (C=O) groups is 1. The zero-order valence-corrected chi connectivity index (χ0v) is 16.5. The van der Waals surface area contributed by atoms with Crippen molar-refractivity contribution in [3.63, 3.8) is 0 Å². The second-order valence-electron chi connectivity index (χ2n) is 6.40. The van der Waals surface area contributed by atoms with Crippen molar-refractivity contribution in [3.05, 3.63) is 105 Å². The summed E-state index contributed by atoms with van der Waals surface area (Å²) in [5.74, 6) is -0.379. The number of hydrogen-bond acceptors (Lipinski definition) is 3. The molecule has 0 bridgehead atoms. The average molecular weight is 409 g/mol. The van der Waals surface area contributed by atoms with E-state index in [0.29, 0.717) is 17.1 Å². The minimum Gasteiger partial charge on any atom is -0.395 e. The van der Waals surface area contributed by atoms with E-state index in [4.69, 9.17) is 11.6 Å². The molecular weight excluding hydrogens is 388 g/mol. The number of carbonyl (C=O) groups excluding carboxylic acids is 1. The van der Waals surface area contributed by atoms with E-state index >= 15 is 0 Å². The van der Waals surface area contributed by atoms with E-state index in [1.165, 1.54) is 15.5 Å². The van der Waals surface area contributed by atoms with Crippen LogP contribution in [0.2, 0.25) is 5.02 Å². The van der Waals surface area contributed by atoms with Crippen LogP contribution in [-0.4, -0.2) is 33.6 Å². The molecule has 0 saturated carbocycles. The van der Waals surface area contributed by atoms with Crippen LogP contribution in [0.1, 0.15) is 11.1 Å². The summed E-state index contributed by atoms with van der Waals surface area (Å²) in [6, 6.07) is 21.3. The molecule has 0 unspecified atom stereocenters. The third kappa shape index (κ3) is 5.22. The number of nitrogens with zero attached hydrogens (tertiary/aromatic N) is 2. The van der Waals surface area contributed by atoms with Gasteiger partial charge in [-0.3, -0.25) is 14.2 Å². The lowest BCUT2D eigenvalue weighted by molar-refractivity contribution is -0.126. The van der Waals surface area contributed by atoms with Crippen LogP contribution in [0.15, 0.2) is 83.8 Å². The van der Waals surface area contributed by atoms with E-state index in [2.05, 4.69) is 0 Å². The highest BCUT2D eigenvalue weighted by Gasteiger charge is 2.21. The average Bonchev–Trinajstić information content (AvgIpc) is 2.74. The lowest BCUT2D eigenvalue weighted by atomic mass is 10.1. The minimum absolute atomic E-state index is 0.134. The van der Waals surface area contributed by atoms with Gasteiger partial charge in [0.05, 0.1) is 6.61 Å². The van der Waals surface area contributed by atoms with Gasteiger partial charge in [0, 0.05) is 30.4 Å². The van der Waals surface area contributed by atoms with Crippen molar-refractivity contribution in [3.8, 4) is 0 Å². The summed E-state index contributed by atoms with van der Waals surface area (Å²) in [4.78, 5) is 27.4. The molecule has 6 heteroatoms. The molecule has 0 spiro atoms. The Morgan fingerprint density at radius 1 is 1.00 bits per heavy atom. The van der Waals surface area contributed by atoms with Gasteiger partial charge in [-0.2, -0.15) is 0 Å². The molecule has 148 valence electrons. The first kappa shape index (κ1) is 20.6. The lowest BCUT2D eigenvalue weighted by Crippen LogP contribution is -2.36. The molecule has 29 heavy (non-hydrogen) atoms. The zero-order valence-electron chi connectivity index (χ0n) is 15.7. The summed E-state index contributed by atoms with van der Waals surface area (Å²) in [6.45, 7) is 0.248. The zero-order chi connectivity index (χ0) is 20.6. The fourth-order valence-corrected chi connectivity index (χ4v) is 3.13. The smallest absolute Gasteiger partial charge is 0.271 e. The van der Waals surface area contributed by atoms with Gasteiger partial charge in [-0.1, -0.05) is 66.2 Å². The van der Waals surface area contributed by atoms with Crippen molar-refractivity contribution >= 4 is 29.3 Å². The molecule has 0 radical (unpaired) electrons. The number of aliphatic hydroxyl groups excluding tert-OH is 1. The van der Waals surface area contributed by atoms with Crippen molar-refractivity contribution < 1.29 is 9.90 Å². The van der Waals surface area contributed by atoms with E-state index in [0.717, 1.165) is 5.56 Å². The highest BCUT2D eigenvalue weighted by molar-refractivity contribution is 6.32. The predicted octanol–water partition coefficient (Wildman–Crippen LogP) is 3.52. The molecule has 1 amide bonds. The topological polar surface area (TPSA) is 62.5 Å².